The number of benzene rings is 1. The molecule has 1 aromatic carbocycles. The van der Waals surface area contributed by atoms with Gasteiger partial charge in [0.05, 0.1) is 6.42 Å². The molecule has 0 heterocycles. The van der Waals surface area contributed by atoms with E-state index in [1.54, 1.807) is 24.3 Å². The van der Waals surface area contributed by atoms with Crippen LogP contribution in [-0.4, -0.2) is 22.6 Å². The van der Waals surface area contributed by atoms with Gasteiger partial charge in [-0.1, -0.05) is 31.0 Å². The predicted molar refractivity (Wildman–Crippen MR) is 76.8 cm³/mol. The fourth-order valence-electron chi connectivity index (χ4n) is 2.67. The Bertz CT molecular complexity index is 508. The van der Waals surface area contributed by atoms with Crippen molar-refractivity contribution in [1.82, 2.24) is 5.32 Å². The monoisotopic (exact) mass is 276 g/mol. The van der Waals surface area contributed by atoms with Gasteiger partial charge in [0.1, 0.15) is 0 Å². The SMILES string of the molecule is CC1(NC(=O)Nc2ccccc2CC(=O)O)CCCC1. The Morgan fingerprint density at radius 1 is 1.25 bits per heavy atom. The number of rotatable bonds is 4. The van der Waals surface area contributed by atoms with Crippen LogP contribution in [0.5, 0.6) is 0 Å². The van der Waals surface area contributed by atoms with Gasteiger partial charge in [-0.25, -0.2) is 4.79 Å². The molecule has 108 valence electrons. The summed E-state index contributed by atoms with van der Waals surface area (Å²) < 4.78 is 0. The summed E-state index contributed by atoms with van der Waals surface area (Å²) in [6.45, 7) is 2.04. The zero-order valence-electron chi connectivity index (χ0n) is 11.6. The van der Waals surface area contributed by atoms with Gasteiger partial charge in [0, 0.05) is 11.2 Å². The molecule has 3 N–H and O–H groups in total. The summed E-state index contributed by atoms with van der Waals surface area (Å²) in [5.74, 6) is -0.914. The third-order valence-corrected chi connectivity index (χ3v) is 3.73. The highest BCUT2D eigenvalue weighted by molar-refractivity contribution is 5.91. The number of nitrogens with one attached hydrogen (secondary N) is 2. The highest BCUT2D eigenvalue weighted by Crippen LogP contribution is 2.29. The van der Waals surface area contributed by atoms with Crippen LogP contribution in [0.2, 0.25) is 0 Å². The molecule has 0 bridgehead atoms. The first kappa shape index (κ1) is 14.4. The highest BCUT2D eigenvalue weighted by atomic mass is 16.4. The summed E-state index contributed by atoms with van der Waals surface area (Å²) in [7, 11) is 0. The van der Waals surface area contributed by atoms with Crippen molar-refractivity contribution in [2.24, 2.45) is 0 Å². The van der Waals surface area contributed by atoms with Crippen LogP contribution in [0.1, 0.15) is 38.2 Å². The van der Waals surface area contributed by atoms with Crippen molar-refractivity contribution in [1.29, 1.82) is 0 Å². The van der Waals surface area contributed by atoms with E-state index in [1.165, 1.54) is 0 Å². The first-order valence-corrected chi connectivity index (χ1v) is 6.87. The third kappa shape index (κ3) is 3.73. The molecule has 2 rings (SSSR count). The molecule has 20 heavy (non-hydrogen) atoms. The van der Waals surface area contributed by atoms with E-state index in [9.17, 15) is 9.59 Å². The first-order chi connectivity index (χ1) is 9.48. The van der Waals surface area contributed by atoms with Gasteiger partial charge in [0.25, 0.3) is 0 Å². The van der Waals surface area contributed by atoms with Crippen molar-refractivity contribution in [2.45, 2.75) is 44.6 Å². The van der Waals surface area contributed by atoms with Crippen molar-refractivity contribution >= 4 is 17.7 Å². The van der Waals surface area contributed by atoms with Crippen molar-refractivity contribution in [3.63, 3.8) is 0 Å². The van der Waals surface area contributed by atoms with E-state index in [4.69, 9.17) is 5.11 Å². The molecule has 2 amide bonds. The lowest BCUT2D eigenvalue weighted by molar-refractivity contribution is -0.136. The Kier molecular flexibility index (Phi) is 4.27. The summed E-state index contributed by atoms with van der Waals surface area (Å²) in [5.41, 5.74) is 1.01. The normalized spacial score (nSPS) is 16.6. The second kappa shape index (κ2) is 5.94. The molecular weight excluding hydrogens is 256 g/mol. The van der Waals surface area contributed by atoms with Crippen LogP contribution in [0.15, 0.2) is 24.3 Å². The van der Waals surface area contributed by atoms with Gasteiger partial charge < -0.3 is 15.7 Å². The number of para-hydroxylation sites is 1. The lowest BCUT2D eigenvalue weighted by atomic mass is 10.0. The van der Waals surface area contributed by atoms with E-state index in [1.807, 2.05) is 6.92 Å². The van der Waals surface area contributed by atoms with Gasteiger partial charge in [-0.2, -0.15) is 0 Å². The molecule has 0 saturated heterocycles. The van der Waals surface area contributed by atoms with E-state index in [0.29, 0.717) is 11.3 Å². The number of amides is 2. The lowest BCUT2D eigenvalue weighted by Crippen LogP contribution is -2.45. The molecule has 5 heteroatoms. The standard InChI is InChI=1S/C15H20N2O3/c1-15(8-4-5-9-15)17-14(20)16-12-7-3-2-6-11(12)10-13(18)19/h2-3,6-7H,4-5,8-10H2,1H3,(H,18,19)(H2,16,17,20). The highest BCUT2D eigenvalue weighted by Gasteiger charge is 2.30. The zero-order valence-corrected chi connectivity index (χ0v) is 11.6. The van der Waals surface area contributed by atoms with Gasteiger partial charge >= 0.3 is 12.0 Å². The molecule has 1 aromatic rings. The second-order valence-corrected chi connectivity index (χ2v) is 5.57. The Morgan fingerprint density at radius 2 is 1.90 bits per heavy atom. The fraction of sp³-hybridized carbons (Fsp3) is 0.467. The molecule has 1 aliphatic carbocycles. The minimum absolute atomic E-state index is 0.103. The number of carboxylic acid groups (broad SMARTS) is 1. The van der Waals surface area contributed by atoms with Crippen molar-refractivity contribution in [3.8, 4) is 0 Å². The minimum atomic E-state index is -0.914. The summed E-state index contributed by atoms with van der Waals surface area (Å²) in [4.78, 5) is 22.9. The van der Waals surface area contributed by atoms with Crippen molar-refractivity contribution < 1.29 is 14.7 Å². The van der Waals surface area contributed by atoms with Crippen molar-refractivity contribution in [3.05, 3.63) is 29.8 Å². The van der Waals surface area contributed by atoms with Crippen LogP contribution in [0.25, 0.3) is 0 Å². The summed E-state index contributed by atoms with van der Waals surface area (Å²) >= 11 is 0. The molecule has 0 aromatic heterocycles. The maximum Gasteiger partial charge on any atom is 0.319 e. The molecular formula is C15H20N2O3. The first-order valence-electron chi connectivity index (χ1n) is 6.87. The Labute approximate surface area is 118 Å². The number of aliphatic carboxylic acids is 1. The maximum atomic E-state index is 12.0. The van der Waals surface area contributed by atoms with E-state index in [2.05, 4.69) is 10.6 Å². The molecule has 0 spiro atoms. The summed E-state index contributed by atoms with van der Waals surface area (Å²) in [6, 6.07) is 6.69. The number of urea groups is 1. The van der Waals surface area contributed by atoms with E-state index >= 15 is 0 Å². The number of anilines is 1. The molecule has 0 atom stereocenters. The average molecular weight is 276 g/mol. The van der Waals surface area contributed by atoms with Crippen LogP contribution < -0.4 is 10.6 Å². The molecule has 0 aliphatic heterocycles. The fourth-order valence-corrected chi connectivity index (χ4v) is 2.67. The summed E-state index contributed by atoms with van der Waals surface area (Å²) in [5, 5.41) is 14.6. The van der Waals surface area contributed by atoms with E-state index in [0.717, 1.165) is 25.7 Å². The second-order valence-electron chi connectivity index (χ2n) is 5.57. The lowest BCUT2D eigenvalue weighted by Gasteiger charge is -2.25. The van der Waals surface area contributed by atoms with Crippen molar-refractivity contribution in [2.75, 3.05) is 5.32 Å². The number of hydrogen-bond acceptors (Lipinski definition) is 2. The van der Waals surface area contributed by atoms with Crippen LogP contribution in [0.4, 0.5) is 10.5 Å². The minimum Gasteiger partial charge on any atom is -0.481 e. The predicted octanol–water partition coefficient (Wildman–Crippen LogP) is 2.77. The molecule has 0 radical (unpaired) electrons. The Morgan fingerprint density at radius 3 is 2.55 bits per heavy atom. The Hall–Kier alpha value is -2.04. The van der Waals surface area contributed by atoms with Crippen LogP contribution in [0.3, 0.4) is 0 Å². The third-order valence-electron chi connectivity index (χ3n) is 3.73. The number of hydrogen-bond donors (Lipinski definition) is 3. The summed E-state index contributed by atoms with van der Waals surface area (Å²) in [6.07, 6.45) is 4.13. The van der Waals surface area contributed by atoms with Gasteiger partial charge in [0.15, 0.2) is 0 Å². The molecule has 1 saturated carbocycles. The maximum absolute atomic E-state index is 12.0. The van der Waals surface area contributed by atoms with Gasteiger partial charge in [-0.05, 0) is 31.4 Å². The van der Waals surface area contributed by atoms with Gasteiger partial charge in [0.2, 0.25) is 0 Å². The van der Waals surface area contributed by atoms with E-state index in [-0.39, 0.29) is 18.0 Å². The quantitative estimate of drug-likeness (QED) is 0.791. The number of carbonyl (C=O) groups excluding carboxylic acids is 1. The van der Waals surface area contributed by atoms with Crippen LogP contribution >= 0.6 is 0 Å². The van der Waals surface area contributed by atoms with Gasteiger partial charge in [-0.15, -0.1) is 0 Å². The van der Waals surface area contributed by atoms with Crippen LogP contribution in [0, 0.1) is 0 Å². The average Bonchev–Trinajstić information content (AvgIpc) is 2.77. The number of carbonyl (C=O) groups is 2. The molecule has 1 fully saturated rings. The molecule has 1 aliphatic rings. The molecule has 0 unspecified atom stereocenters. The Balaban J connectivity index is 2.02. The topological polar surface area (TPSA) is 78.4 Å². The molecule has 5 nitrogen and oxygen atoms in total. The van der Waals surface area contributed by atoms with Gasteiger partial charge in [-0.3, -0.25) is 4.79 Å². The number of carboxylic acids is 1. The van der Waals surface area contributed by atoms with Crippen LogP contribution in [-0.2, 0) is 11.2 Å². The largest absolute Gasteiger partial charge is 0.481 e. The zero-order chi connectivity index (χ0) is 14.6. The van der Waals surface area contributed by atoms with E-state index < -0.39 is 5.97 Å². The smallest absolute Gasteiger partial charge is 0.319 e.